The Morgan fingerprint density at radius 2 is 2.13 bits per heavy atom. The molecule has 1 saturated heterocycles. The first-order valence-electron chi connectivity index (χ1n) is 7.62. The maximum absolute atomic E-state index is 12.7. The quantitative estimate of drug-likeness (QED) is 0.842. The summed E-state index contributed by atoms with van der Waals surface area (Å²) in [6, 6.07) is 13.2. The number of nitrogens with one attached hydrogen (secondary N) is 1. The highest BCUT2D eigenvalue weighted by molar-refractivity contribution is 6.30. The number of hydrogen-bond donors (Lipinski definition) is 1. The highest BCUT2D eigenvalue weighted by atomic mass is 35.5. The van der Waals surface area contributed by atoms with E-state index in [4.69, 9.17) is 16.3 Å². The monoisotopic (exact) mass is 328 g/mol. The van der Waals surface area contributed by atoms with Crippen LogP contribution in [0.3, 0.4) is 0 Å². The Hall–Kier alpha value is -2.20. The van der Waals surface area contributed by atoms with E-state index < -0.39 is 5.72 Å². The number of ether oxygens (including phenoxy) is 1. The molecule has 4 nitrogen and oxygen atoms in total. The molecule has 2 aromatic carbocycles. The van der Waals surface area contributed by atoms with Gasteiger partial charge in [0.1, 0.15) is 5.75 Å². The van der Waals surface area contributed by atoms with Crippen LogP contribution in [0.4, 0.5) is 10.5 Å². The number of halogens is 1. The third kappa shape index (κ3) is 2.25. The van der Waals surface area contributed by atoms with Crippen LogP contribution >= 0.6 is 11.6 Å². The largest absolute Gasteiger partial charge is 0.467 e. The predicted molar refractivity (Wildman–Crippen MR) is 90.0 cm³/mol. The molecule has 23 heavy (non-hydrogen) atoms. The van der Waals surface area contributed by atoms with Crippen molar-refractivity contribution < 1.29 is 9.53 Å². The maximum atomic E-state index is 12.7. The Morgan fingerprint density at radius 1 is 1.30 bits per heavy atom. The first-order valence-corrected chi connectivity index (χ1v) is 8.00. The normalized spacial score (nSPS) is 25.4. The van der Waals surface area contributed by atoms with Gasteiger partial charge in [0.05, 0.1) is 6.04 Å². The lowest BCUT2D eigenvalue weighted by Gasteiger charge is -2.50. The van der Waals surface area contributed by atoms with Crippen LogP contribution in [0.1, 0.15) is 30.5 Å². The van der Waals surface area contributed by atoms with Crippen LogP contribution in [0.25, 0.3) is 0 Å². The lowest BCUT2D eigenvalue weighted by molar-refractivity contribution is 0.0379. The standard InChI is InChI=1S/C18H17ClN2O2/c1-11-4-3-5-13(8-11)21-17(22)20-15-10-18(21,2)23-16-7-6-12(19)9-14(15)16/h3-9,15H,10H2,1-2H3,(H,20,22). The number of carbonyl (C=O) groups is 1. The van der Waals surface area contributed by atoms with E-state index in [1.54, 1.807) is 4.90 Å². The Kier molecular flexibility index (Phi) is 3.07. The second-order valence-electron chi connectivity index (χ2n) is 6.34. The summed E-state index contributed by atoms with van der Waals surface area (Å²) in [6.45, 7) is 3.97. The zero-order valence-corrected chi connectivity index (χ0v) is 13.7. The Bertz CT molecular complexity index is 807. The molecule has 2 aliphatic heterocycles. The minimum Gasteiger partial charge on any atom is -0.467 e. The van der Waals surface area contributed by atoms with Crippen LogP contribution in [0.15, 0.2) is 42.5 Å². The van der Waals surface area contributed by atoms with Crippen LogP contribution in [0.5, 0.6) is 5.75 Å². The van der Waals surface area contributed by atoms with Gasteiger partial charge in [-0.1, -0.05) is 23.7 Å². The SMILES string of the molecule is Cc1cccc(N2C(=O)NC3CC2(C)Oc2ccc(Cl)cc23)c1. The van der Waals surface area contributed by atoms with Crippen molar-refractivity contribution in [2.45, 2.75) is 32.0 Å². The van der Waals surface area contributed by atoms with Gasteiger partial charge in [-0.25, -0.2) is 4.79 Å². The summed E-state index contributed by atoms with van der Waals surface area (Å²) in [7, 11) is 0. The number of rotatable bonds is 1. The molecule has 1 fully saturated rings. The van der Waals surface area contributed by atoms with E-state index in [1.165, 1.54) is 0 Å². The van der Waals surface area contributed by atoms with Gasteiger partial charge in [-0.05, 0) is 49.7 Å². The molecular weight excluding hydrogens is 312 g/mol. The van der Waals surface area contributed by atoms with Crippen molar-refractivity contribution in [3.63, 3.8) is 0 Å². The molecule has 0 saturated carbocycles. The fourth-order valence-corrected chi connectivity index (χ4v) is 3.68. The summed E-state index contributed by atoms with van der Waals surface area (Å²) in [5.74, 6) is 0.769. The zero-order valence-electron chi connectivity index (χ0n) is 13.0. The van der Waals surface area contributed by atoms with E-state index in [-0.39, 0.29) is 12.1 Å². The molecule has 0 radical (unpaired) electrons. The molecule has 2 amide bonds. The molecule has 4 rings (SSSR count). The van der Waals surface area contributed by atoms with Crippen molar-refractivity contribution in [1.82, 2.24) is 5.32 Å². The van der Waals surface area contributed by atoms with E-state index in [0.29, 0.717) is 11.4 Å². The van der Waals surface area contributed by atoms with Gasteiger partial charge in [-0.2, -0.15) is 0 Å². The Morgan fingerprint density at radius 3 is 2.91 bits per heavy atom. The summed E-state index contributed by atoms with van der Waals surface area (Å²) in [5.41, 5.74) is 2.15. The average Bonchev–Trinajstić information content (AvgIpc) is 2.47. The van der Waals surface area contributed by atoms with Crippen LogP contribution in [0, 0.1) is 6.92 Å². The molecule has 2 unspecified atom stereocenters. The lowest BCUT2D eigenvalue weighted by atomic mass is 9.90. The fourth-order valence-electron chi connectivity index (χ4n) is 3.50. The number of hydrogen-bond acceptors (Lipinski definition) is 2. The Labute approximate surface area is 140 Å². The number of nitrogens with zero attached hydrogens (tertiary/aromatic N) is 1. The summed E-state index contributed by atoms with van der Waals surface area (Å²) < 4.78 is 6.23. The minimum absolute atomic E-state index is 0.0870. The maximum Gasteiger partial charge on any atom is 0.325 e. The van der Waals surface area contributed by atoms with Gasteiger partial charge in [0.25, 0.3) is 0 Å². The first kappa shape index (κ1) is 14.4. The molecule has 0 spiro atoms. The molecule has 1 N–H and O–H groups in total. The molecule has 5 heteroatoms. The van der Waals surface area contributed by atoms with Gasteiger partial charge in [0.15, 0.2) is 5.72 Å². The van der Waals surface area contributed by atoms with Crippen molar-refractivity contribution in [3.05, 3.63) is 58.6 Å². The van der Waals surface area contributed by atoms with Crippen molar-refractivity contribution in [3.8, 4) is 5.75 Å². The highest BCUT2D eigenvalue weighted by Gasteiger charge is 2.49. The molecule has 2 aliphatic rings. The van der Waals surface area contributed by atoms with Crippen molar-refractivity contribution in [2.24, 2.45) is 0 Å². The minimum atomic E-state index is -0.721. The lowest BCUT2D eigenvalue weighted by Crippen LogP contribution is -2.65. The number of aryl methyl sites for hydroxylation is 1. The van der Waals surface area contributed by atoms with Gasteiger partial charge in [0, 0.05) is 22.7 Å². The molecule has 2 heterocycles. The third-order valence-corrected chi connectivity index (χ3v) is 4.73. The van der Waals surface area contributed by atoms with E-state index in [1.807, 2.05) is 56.3 Å². The van der Waals surface area contributed by atoms with Crippen LogP contribution < -0.4 is 15.0 Å². The second-order valence-corrected chi connectivity index (χ2v) is 6.78. The summed E-state index contributed by atoms with van der Waals surface area (Å²) >= 11 is 6.09. The number of benzene rings is 2. The van der Waals surface area contributed by atoms with Gasteiger partial charge in [-0.15, -0.1) is 0 Å². The van der Waals surface area contributed by atoms with Crippen LogP contribution in [-0.4, -0.2) is 11.8 Å². The Balaban J connectivity index is 1.81. The van der Waals surface area contributed by atoms with Crippen molar-refractivity contribution >= 4 is 23.3 Å². The molecule has 2 atom stereocenters. The summed E-state index contributed by atoms with van der Waals surface area (Å²) in [6.07, 6.45) is 0.667. The predicted octanol–water partition coefficient (Wildman–Crippen LogP) is 4.42. The summed E-state index contributed by atoms with van der Waals surface area (Å²) in [4.78, 5) is 14.4. The number of anilines is 1. The number of fused-ring (bicyclic) bond motifs is 4. The van der Waals surface area contributed by atoms with E-state index in [9.17, 15) is 4.79 Å². The molecule has 0 aliphatic carbocycles. The smallest absolute Gasteiger partial charge is 0.325 e. The van der Waals surface area contributed by atoms with Gasteiger partial charge in [0.2, 0.25) is 0 Å². The van der Waals surface area contributed by atoms with Crippen molar-refractivity contribution in [2.75, 3.05) is 4.90 Å². The van der Waals surface area contributed by atoms with Gasteiger partial charge in [-0.3, -0.25) is 4.90 Å². The number of urea groups is 1. The van der Waals surface area contributed by atoms with Gasteiger partial charge < -0.3 is 10.1 Å². The topological polar surface area (TPSA) is 41.6 Å². The highest BCUT2D eigenvalue weighted by Crippen LogP contribution is 2.46. The molecular formula is C18H17ClN2O2. The average molecular weight is 329 g/mol. The van der Waals surface area contributed by atoms with E-state index >= 15 is 0 Å². The van der Waals surface area contributed by atoms with Crippen molar-refractivity contribution in [1.29, 1.82) is 0 Å². The number of amides is 2. The third-order valence-electron chi connectivity index (χ3n) is 4.49. The van der Waals surface area contributed by atoms with Crippen LogP contribution in [-0.2, 0) is 0 Å². The second kappa shape index (κ2) is 4.90. The van der Waals surface area contributed by atoms with Gasteiger partial charge >= 0.3 is 6.03 Å². The van der Waals surface area contributed by atoms with E-state index in [2.05, 4.69) is 5.32 Å². The molecule has 2 bridgehead atoms. The zero-order chi connectivity index (χ0) is 16.2. The van der Waals surface area contributed by atoms with E-state index in [0.717, 1.165) is 22.6 Å². The number of carbonyl (C=O) groups excluding carboxylic acids is 1. The summed E-state index contributed by atoms with van der Waals surface area (Å²) in [5, 5.41) is 3.72. The first-order chi connectivity index (χ1) is 11.0. The molecule has 118 valence electrons. The van der Waals surface area contributed by atoms with Crippen LogP contribution in [0.2, 0.25) is 5.02 Å². The molecule has 0 aromatic heterocycles. The fraction of sp³-hybridized carbons (Fsp3) is 0.278. The molecule has 2 aromatic rings.